The smallest absolute Gasteiger partial charge is 0.337 e. The summed E-state index contributed by atoms with van der Waals surface area (Å²) in [7, 11) is 2.89. The number of ether oxygens (including phenoxy) is 2. The lowest BCUT2D eigenvalue weighted by molar-refractivity contribution is 0.0600. The van der Waals surface area contributed by atoms with Gasteiger partial charge in [0, 0.05) is 5.69 Å². The first-order valence-electron chi connectivity index (χ1n) is 8.34. The third-order valence-corrected chi connectivity index (χ3v) is 3.83. The van der Waals surface area contributed by atoms with E-state index in [1.54, 1.807) is 43.5 Å². The van der Waals surface area contributed by atoms with Crippen LogP contribution >= 0.6 is 0 Å². The molecule has 28 heavy (non-hydrogen) atoms. The Kier molecular flexibility index (Phi) is 5.81. The first-order valence-corrected chi connectivity index (χ1v) is 8.34. The highest BCUT2D eigenvalue weighted by Crippen LogP contribution is 2.25. The molecule has 142 valence electrons. The van der Waals surface area contributed by atoms with Gasteiger partial charge in [-0.2, -0.15) is 0 Å². The van der Waals surface area contributed by atoms with Crippen molar-refractivity contribution >= 4 is 29.1 Å². The first kappa shape index (κ1) is 18.8. The van der Waals surface area contributed by atoms with Crippen molar-refractivity contribution in [1.82, 2.24) is 10.2 Å². The number of hydrogen-bond donors (Lipinski definition) is 2. The van der Waals surface area contributed by atoms with E-state index in [2.05, 4.69) is 25.6 Å². The average Bonchev–Trinajstić information content (AvgIpc) is 2.74. The maximum Gasteiger partial charge on any atom is 0.337 e. The number of carbonyl (C=O) groups excluding carboxylic acids is 2. The second-order valence-corrected chi connectivity index (χ2v) is 5.65. The molecule has 0 aliphatic carbocycles. The van der Waals surface area contributed by atoms with Crippen molar-refractivity contribution in [2.75, 3.05) is 24.9 Å². The molecule has 0 bridgehead atoms. The molecule has 1 amide bonds. The number of hydrogen-bond acceptors (Lipinski definition) is 7. The number of anilines is 3. The van der Waals surface area contributed by atoms with Crippen LogP contribution in [0.15, 0.2) is 60.7 Å². The largest absolute Gasteiger partial charge is 0.495 e. The fourth-order valence-electron chi connectivity index (χ4n) is 2.41. The summed E-state index contributed by atoms with van der Waals surface area (Å²) in [5.74, 6) is 0.286. The topological polar surface area (TPSA) is 102 Å². The van der Waals surface area contributed by atoms with Crippen LogP contribution in [-0.2, 0) is 4.74 Å². The van der Waals surface area contributed by atoms with Gasteiger partial charge < -0.3 is 20.1 Å². The van der Waals surface area contributed by atoms with Crippen molar-refractivity contribution in [2.45, 2.75) is 0 Å². The van der Waals surface area contributed by atoms with Crippen LogP contribution in [0.3, 0.4) is 0 Å². The average molecular weight is 378 g/mol. The number of nitrogens with one attached hydrogen (secondary N) is 2. The second kappa shape index (κ2) is 8.63. The van der Waals surface area contributed by atoms with E-state index in [-0.39, 0.29) is 5.69 Å². The van der Waals surface area contributed by atoms with Gasteiger partial charge in [-0.25, -0.2) is 4.79 Å². The summed E-state index contributed by atoms with van der Waals surface area (Å²) in [6.45, 7) is 0. The van der Waals surface area contributed by atoms with Crippen LogP contribution < -0.4 is 15.4 Å². The Labute approximate surface area is 161 Å². The normalized spacial score (nSPS) is 10.1. The minimum absolute atomic E-state index is 0.155. The number of benzene rings is 2. The molecule has 2 aromatic carbocycles. The molecule has 0 saturated heterocycles. The van der Waals surface area contributed by atoms with Crippen molar-refractivity contribution in [1.29, 1.82) is 0 Å². The first-order chi connectivity index (χ1) is 13.6. The molecular weight excluding hydrogens is 360 g/mol. The highest BCUT2D eigenvalue weighted by atomic mass is 16.5. The summed E-state index contributed by atoms with van der Waals surface area (Å²) in [4.78, 5) is 23.7. The number of methoxy groups -OCH3 is 2. The fraction of sp³-hybridized carbons (Fsp3) is 0.100. The molecule has 0 unspecified atom stereocenters. The van der Waals surface area contributed by atoms with E-state index in [9.17, 15) is 9.59 Å². The molecule has 0 saturated carbocycles. The van der Waals surface area contributed by atoms with Crippen LogP contribution in [0.1, 0.15) is 20.8 Å². The summed E-state index contributed by atoms with van der Waals surface area (Å²) in [5, 5.41) is 13.8. The van der Waals surface area contributed by atoms with E-state index in [1.165, 1.54) is 7.11 Å². The van der Waals surface area contributed by atoms with E-state index in [1.807, 2.05) is 24.3 Å². The molecular formula is C20H18N4O4. The Bertz CT molecular complexity index is 972. The van der Waals surface area contributed by atoms with Crippen LogP contribution in [0.4, 0.5) is 17.2 Å². The third kappa shape index (κ3) is 4.42. The zero-order valence-corrected chi connectivity index (χ0v) is 15.3. The molecule has 0 fully saturated rings. The molecule has 0 spiro atoms. The summed E-state index contributed by atoms with van der Waals surface area (Å²) in [6.07, 6.45) is 0. The number of esters is 1. The van der Waals surface area contributed by atoms with E-state index in [0.717, 1.165) is 5.69 Å². The second-order valence-electron chi connectivity index (χ2n) is 5.65. The summed E-state index contributed by atoms with van der Waals surface area (Å²) < 4.78 is 9.91. The summed E-state index contributed by atoms with van der Waals surface area (Å²) in [6, 6.07) is 16.9. The van der Waals surface area contributed by atoms with Crippen molar-refractivity contribution in [2.24, 2.45) is 0 Å². The van der Waals surface area contributed by atoms with Crippen LogP contribution in [0.5, 0.6) is 5.75 Å². The standard InChI is InChI=1S/C20H18N4O4/c1-27-17-6-4-3-5-15(17)22-18-12-11-16(23-24-18)19(25)21-14-9-7-13(8-10-14)20(26)28-2/h3-12H,1-2H3,(H,21,25)(H,22,24). The van der Waals surface area contributed by atoms with Gasteiger partial charge in [-0.15, -0.1) is 10.2 Å². The lowest BCUT2D eigenvalue weighted by Crippen LogP contribution is -2.14. The lowest BCUT2D eigenvalue weighted by atomic mass is 10.2. The lowest BCUT2D eigenvalue weighted by Gasteiger charge is -2.10. The van der Waals surface area contributed by atoms with Gasteiger partial charge in [-0.1, -0.05) is 12.1 Å². The zero-order valence-electron chi connectivity index (χ0n) is 15.3. The fourth-order valence-corrected chi connectivity index (χ4v) is 2.41. The van der Waals surface area contributed by atoms with Crippen LogP contribution in [0.2, 0.25) is 0 Å². The van der Waals surface area contributed by atoms with Crippen molar-refractivity contribution in [3.63, 3.8) is 0 Å². The number of nitrogens with zero attached hydrogens (tertiary/aromatic N) is 2. The number of para-hydroxylation sites is 2. The minimum atomic E-state index is -0.443. The Balaban J connectivity index is 1.66. The van der Waals surface area contributed by atoms with E-state index in [4.69, 9.17) is 4.74 Å². The van der Waals surface area contributed by atoms with E-state index >= 15 is 0 Å². The zero-order chi connectivity index (χ0) is 19.9. The molecule has 8 heteroatoms. The van der Waals surface area contributed by atoms with E-state index < -0.39 is 11.9 Å². The van der Waals surface area contributed by atoms with Gasteiger partial charge >= 0.3 is 5.97 Å². The van der Waals surface area contributed by atoms with Gasteiger partial charge in [0.25, 0.3) is 5.91 Å². The maximum atomic E-state index is 12.3. The number of amides is 1. The summed E-state index contributed by atoms with van der Waals surface area (Å²) >= 11 is 0. The molecule has 2 N–H and O–H groups in total. The van der Waals surface area contributed by atoms with Crippen LogP contribution in [0, 0.1) is 0 Å². The van der Waals surface area contributed by atoms with Gasteiger partial charge in [0.1, 0.15) is 5.75 Å². The predicted molar refractivity (Wildman–Crippen MR) is 104 cm³/mol. The van der Waals surface area contributed by atoms with Crippen molar-refractivity contribution in [3.05, 3.63) is 71.9 Å². The Morgan fingerprint density at radius 2 is 1.64 bits per heavy atom. The Morgan fingerprint density at radius 3 is 2.29 bits per heavy atom. The van der Waals surface area contributed by atoms with Gasteiger partial charge in [0.05, 0.1) is 25.5 Å². The predicted octanol–water partition coefficient (Wildman–Crippen LogP) is 3.27. The SMILES string of the molecule is COC(=O)c1ccc(NC(=O)c2ccc(Nc3ccccc3OC)nn2)cc1. The monoisotopic (exact) mass is 378 g/mol. The Hall–Kier alpha value is -3.94. The molecule has 0 aliphatic rings. The molecule has 0 atom stereocenters. The quantitative estimate of drug-likeness (QED) is 0.635. The van der Waals surface area contributed by atoms with Gasteiger partial charge in [0.15, 0.2) is 11.5 Å². The van der Waals surface area contributed by atoms with Crippen molar-refractivity contribution < 1.29 is 19.1 Å². The molecule has 0 aliphatic heterocycles. The molecule has 1 aromatic heterocycles. The molecule has 3 aromatic rings. The molecule has 8 nitrogen and oxygen atoms in total. The number of aromatic nitrogens is 2. The van der Waals surface area contributed by atoms with Crippen LogP contribution in [0.25, 0.3) is 0 Å². The Morgan fingerprint density at radius 1 is 0.893 bits per heavy atom. The van der Waals surface area contributed by atoms with Gasteiger partial charge in [-0.3, -0.25) is 4.79 Å². The molecule has 0 radical (unpaired) electrons. The minimum Gasteiger partial charge on any atom is -0.495 e. The number of rotatable bonds is 6. The van der Waals surface area contributed by atoms with Gasteiger partial charge in [-0.05, 0) is 48.5 Å². The summed E-state index contributed by atoms with van der Waals surface area (Å²) in [5.41, 5.74) is 1.81. The number of carbonyl (C=O) groups is 2. The molecule has 3 rings (SSSR count). The van der Waals surface area contributed by atoms with Crippen LogP contribution in [-0.4, -0.2) is 36.3 Å². The third-order valence-electron chi connectivity index (χ3n) is 3.83. The molecule has 1 heterocycles. The highest BCUT2D eigenvalue weighted by Gasteiger charge is 2.11. The van der Waals surface area contributed by atoms with Crippen molar-refractivity contribution in [3.8, 4) is 5.75 Å². The van der Waals surface area contributed by atoms with Gasteiger partial charge in [0.2, 0.25) is 0 Å². The highest BCUT2D eigenvalue weighted by molar-refractivity contribution is 6.03. The maximum absolute atomic E-state index is 12.3. The van der Waals surface area contributed by atoms with E-state index in [0.29, 0.717) is 22.8 Å².